The van der Waals surface area contributed by atoms with Gasteiger partial charge in [-0.2, -0.15) is 5.10 Å². The van der Waals surface area contributed by atoms with E-state index in [1.54, 1.807) is 23.2 Å². The van der Waals surface area contributed by atoms with Crippen molar-refractivity contribution in [2.24, 2.45) is 0 Å². The Kier molecular flexibility index (Phi) is 3.78. The van der Waals surface area contributed by atoms with E-state index in [0.717, 1.165) is 5.69 Å². The summed E-state index contributed by atoms with van der Waals surface area (Å²) in [4.78, 5) is 22.8. The Morgan fingerprint density at radius 2 is 2.00 bits per heavy atom. The molecule has 0 unspecified atom stereocenters. The molecule has 1 aliphatic rings. The summed E-state index contributed by atoms with van der Waals surface area (Å²) in [5.41, 5.74) is 2.56. The molecule has 26 heavy (non-hydrogen) atoms. The minimum absolute atomic E-state index is 0.0211. The number of nitrogens with one attached hydrogen (secondary N) is 1. The lowest BCUT2D eigenvalue weighted by molar-refractivity contribution is -0.384. The zero-order valence-corrected chi connectivity index (χ0v) is 14.0. The lowest BCUT2D eigenvalue weighted by Gasteiger charge is -2.01. The Balaban J connectivity index is 1.76. The van der Waals surface area contributed by atoms with E-state index in [0.29, 0.717) is 22.4 Å². The maximum atomic E-state index is 12.3. The Morgan fingerprint density at radius 1 is 1.23 bits per heavy atom. The summed E-state index contributed by atoms with van der Waals surface area (Å²) in [5.74, 6) is -0.343. The molecule has 0 spiro atoms. The molecule has 0 radical (unpaired) electrons. The maximum Gasteiger partial charge on any atom is 0.288 e. The van der Waals surface area contributed by atoms with Gasteiger partial charge in [-0.05, 0) is 24.3 Å². The van der Waals surface area contributed by atoms with Crippen molar-refractivity contribution in [2.75, 3.05) is 5.32 Å². The van der Waals surface area contributed by atoms with E-state index >= 15 is 0 Å². The van der Waals surface area contributed by atoms with Crippen molar-refractivity contribution in [1.29, 1.82) is 0 Å². The van der Waals surface area contributed by atoms with E-state index in [-0.39, 0.29) is 16.6 Å². The predicted octanol–water partition coefficient (Wildman–Crippen LogP) is 3.93. The van der Waals surface area contributed by atoms with Crippen LogP contribution in [0.2, 0.25) is 5.02 Å². The second-order valence-electron chi connectivity index (χ2n) is 5.67. The third-order valence-electron chi connectivity index (χ3n) is 4.00. The van der Waals surface area contributed by atoms with Crippen molar-refractivity contribution in [1.82, 2.24) is 9.78 Å². The first-order valence-electron chi connectivity index (χ1n) is 7.64. The number of hydrogen-bond acceptors (Lipinski definition) is 4. The van der Waals surface area contributed by atoms with Crippen LogP contribution in [-0.4, -0.2) is 20.6 Å². The summed E-state index contributed by atoms with van der Waals surface area (Å²) >= 11 is 5.90. The fourth-order valence-electron chi connectivity index (χ4n) is 2.78. The standard InChI is InChI=1S/C18H11ClN4O3/c19-15-8-16-13(7-17(15)23(25)26)14(18(24)21-16)6-11-9-20-22(10-11)12-4-2-1-3-5-12/h1-10H,(H,21,24)/b14-6-. The van der Waals surface area contributed by atoms with Gasteiger partial charge in [0, 0.05) is 29.0 Å². The highest BCUT2D eigenvalue weighted by atomic mass is 35.5. The lowest BCUT2D eigenvalue weighted by Crippen LogP contribution is -2.03. The molecule has 2 aromatic carbocycles. The van der Waals surface area contributed by atoms with Crippen LogP contribution in [-0.2, 0) is 4.79 Å². The molecule has 8 heteroatoms. The third-order valence-corrected chi connectivity index (χ3v) is 4.30. The molecule has 0 fully saturated rings. The number of anilines is 1. The number of amides is 1. The molecule has 1 aromatic heterocycles. The average molecular weight is 367 g/mol. The minimum atomic E-state index is -0.573. The Bertz CT molecular complexity index is 1070. The number of aromatic nitrogens is 2. The molecular weight excluding hydrogens is 356 g/mol. The van der Waals surface area contributed by atoms with Crippen LogP contribution < -0.4 is 5.32 Å². The third kappa shape index (κ3) is 2.74. The van der Waals surface area contributed by atoms with Crippen molar-refractivity contribution in [3.63, 3.8) is 0 Å². The van der Waals surface area contributed by atoms with Crippen molar-refractivity contribution >= 4 is 40.5 Å². The number of carbonyl (C=O) groups is 1. The van der Waals surface area contributed by atoms with Gasteiger partial charge in [-0.15, -0.1) is 0 Å². The van der Waals surface area contributed by atoms with E-state index in [9.17, 15) is 14.9 Å². The molecule has 1 N–H and O–H groups in total. The van der Waals surface area contributed by atoms with E-state index in [1.807, 2.05) is 30.3 Å². The molecule has 4 rings (SSSR count). The van der Waals surface area contributed by atoms with Gasteiger partial charge in [0.2, 0.25) is 0 Å². The van der Waals surface area contributed by atoms with Gasteiger partial charge in [0.05, 0.1) is 22.5 Å². The van der Waals surface area contributed by atoms with Crippen molar-refractivity contribution in [2.45, 2.75) is 0 Å². The van der Waals surface area contributed by atoms with Gasteiger partial charge in [-0.1, -0.05) is 29.8 Å². The summed E-state index contributed by atoms with van der Waals surface area (Å²) in [6, 6.07) is 12.2. The summed E-state index contributed by atoms with van der Waals surface area (Å²) in [5, 5.41) is 18.0. The van der Waals surface area contributed by atoms with Crippen molar-refractivity contribution in [3.8, 4) is 5.69 Å². The minimum Gasteiger partial charge on any atom is -0.321 e. The van der Waals surface area contributed by atoms with Crippen LogP contribution in [0.5, 0.6) is 0 Å². The smallest absolute Gasteiger partial charge is 0.288 e. The second kappa shape index (κ2) is 6.12. The molecule has 128 valence electrons. The molecule has 0 bridgehead atoms. The zero-order valence-electron chi connectivity index (χ0n) is 13.2. The van der Waals surface area contributed by atoms with Crippen LogP contribution in [0.3, 0.4) is 0 Å². The molecule has 7 nitrogen and oxygen atoms in total. The van der Waals surface area contributed by atoms with Crippen LogP contribution in [0.15, 0.2) is 54.9 Å². The van der Waals surface area contributed by atoms with E-state index < -0.39 is 4.92 Å². The molecule has 1 aliphatic heterocycles. The van der Waals surface area contributed by atoms with Gasteiger partial charge in [0.25, 0.3) is 11.6 Å². The SMILES string of the molecule is O=C1Nc2cc(Cl)c([N+](=O)[O-])cc2/C1=C/c1cnn(-c2ccccc2)c1. The van der Waals surface area contributed by atoms with Gasteiger partial charge in [-0.3, -0.25) is 14.9 Å². The fraction of sp³-hybridized carbons (Fsp3) is 0. The predicted molar refractivity (Wildman–Crippen MR) is 98.2 cm³/mol. The monoisotopic (exact) mass is 366 g/mol. The highest BCUT2D eigenvalue weighted by Gasteiger charge is 2.28. The van der Waals surface area contributed by atoms with E-state index in [1.165, 1.54) is 12.1 Å². The van der Waals surface area contributed by atoms with Crippen molar-refractivity contribution < 1.29 is 9.72 Å². The highest BCUT2D eigenvalue weighted by Crippen LogP contribution is 2.39. The van der Waals surface area contributed by atoms with E-state index in [2.05, 4.69) is 10.4 Å². The second-order valence-corrected chi connectivity index (χ2v) is 6.08. The quantitative estimate of drug-likeness (QED) is 0.432. The maximum absolute atomic E-state index is 12.3. The summed E-state index contributed by atoms with van der Waals surface area (Å²) in [6.07, 6.45) is 5.04. The summed E-state index contributed by atoms with van der Waals surface area (Å²) in [6.45, 7) is 0. The van der Waals surface area contributed by atoms with Gasteiger partial charge in [0.1, 0.15) is 5.02 Å². The Morgan fingerprint density at radius 3 is 2.73 bits per heavy atom. The first-order valence-corrected chi connectivity index (χ1v) is 8.02. The number of halogens is 1. The number of hydrogen-bond donors (Lipinski definition) is 1. The first kappa shape index (κ1) is 16.0. The van der Waals surface area contributed by atoms with Gasteiger partial charge in [0.15, 0.2) is 0 Å². The number of fused-ring (bicyclic) bond motifs is 1. The first-order chi connectivity index (χ1) is 12.5. The lowest BCUT2D eigenvalue weighted by atomic mass is 10.0. The van der Waals surface area contributed by atoms with Crippen LogP contribution in [0.4, 0.5) is 11.4 Å². The topological polar surface area (TPSA) is 90.1 Å². The molecule has 2 heterocycles. The number of benzene rings is 2. The van der Waals surface area contributed by atoms with Crippen LogP contribution in [0.25, 0.3) is 17.3 Å². The molecule has 0 aliphatic carbocycles. The van der Waals surface area contributed by atoms with Gasteiger partial charge >= 0.3 is 0 Å². The highest BCUT2D eigenvalue weighted by molar-refractivity contribution is 6.37. The molecule has 0 atom stereocenters. The van der Waals surface area contributed by atoms with Crippen molar-refractivity contribution in [3.05, 3.63) is 81.1 Å². The number of carbonyl (C=O) groups excluding carboxylic acids is 1. The number of para-hydroxylation sites is 1. The molecule has 3 aromatic rings. The normalized spacial score (nSPS) is 14.3. The summed E-state index contributed by atoms with van der Waals surface area (Å²) in [7, 11) is 0. The van der Waals surface area contributed by atoms with Gasteiger partial charge in [-0.25, -0.2) is 4.68 Å². The van der Waals surface area contributed by atoms with Crippen LogP contribution >= 0.6 is 11.6 Å². The largest absolute Gasteiger partial charge is 0.321 e. The van der Waals surface area contributed by atoms with Crippen LogP contribution in [0, 0.1) is 10.1 Å². The Labute approximate surface area is 152 Å². The molecule has 0 saturated heterocycles. The van der Waals surface area contributed by atoms with Crippen LogP contribution in [0.1, 0.15) is 11.1 Å². The molecular formula is C18H11ClN4O3. The van der Waals surface area contributed by atoms with Gasteiger partial charge < -0.3 is 5.32 Å². The molecule has 0 saturated carbocycles. The number of rotatable bonds is 3. The number of nitro groups is 1. The van der Waals surface area contributed by atoms with E-state index in [4.69, 9.17) is 11.6 Å². The number of nitrogens with zero attached hydrogens (tertiary/aromatic N) is 3. The fourth-order valence-corrected chi connectivity index (χ4v) is 3.02. The average Bonchev–Trinajstić information content (AvgIpc) is 3.20. The number of nitro benzene ring substituents is 1. The zero-order chi connectivity index (χ0) is 18.3. The summed E-state index contributed by atoms with van der Waals surface area (Å²) < 4.78 is 1.68. The molecule has 1 amide bonds. The Hall–Kier alpha value is -3.45.